The summed E-state index contributed by atoms with van der Waals surface area (Å²) in [5, 5.41) is 20.2. The van der Waals surface area contributed by atoms with Crippen LogP contribution in [-0.2, 0) is 4.74 Å². The highest BCUT2D eigenvalue weighted by atomic mass is 19.4. The van der Waals surface area contributed by atoms with E-state index in [-0.39, 0.29) is 5.41 Å². The molecule has 34 heavy (non-hydrogen) atoms. The fourth-order valence-electron chi connectivity index (χ4n) is 7.46. The van der Waals surface area contributed by atoms with Gasteiger partial charge in [-0.3, -0.25) is 4.74 Å². The number of halogens is 3. The lowest BCUT2D eigenvalue weighted by Crippen LogP contribution is -2.39. The first kappa shape index (κ1) is 25.9. The van der Waals surface area contributed by atoms with Crippen molar-refractivity contribution in [1.82, 2.24) is 4.90 Å². The molecular formula is C27H40F3NO3. The predicted octanol–water partition coefficient (Wildman–Crippen LogP) is 5.37. The molecule has 7 atom stereocenters. The van der Waals surface area contributed by atoms with E-state index in [1.807, 2.05) is 0 Å². The van der Waals surface area contributed by atoms with Crippen LogP contribution in [0.5, 0.6) is 0 Å². The zero-order chi connectivity index (χ0) is 24.7. The van der Waals surface area contributed by atoms with E-state index in [1.165, 1.54) is 12.0 Å². The normalized spacial score (nSPS) is 40.8. The Bertz CT molecular complexity index is 822. The Balaban J connectivity index is 1.41. The number of allylic oxidation sites excluding steroid dienone is 3. The molecule has 3 aliphatic carbocycles. The smallest absolute Gasteiger partial charge is 0.393 e. The fraction of sp³-hybridized carbons (Fsp3) is 0.778. The highest BCUT2D eigenvalue weighted by molar-refractivity contribution is 5.38. The van der Waals surface area contributed by atoms with Crippen molar-refractivity contribution in [3.05, 3.63) is 35.5 Å². The van der Waals surface area contributed by atoms with Gasteiger partial charge in [-0.1, -0.05) is 38.2 Å². The molecule has 1 aliphatic heterocycles. The molecule has 192 valence electrons. The van der Waals surface area contributed by atoms with Crippen LogP contribution in [0.15, 0.2) is 35.5 Å². The van der Waals surface area contributed by atoms with Crippen LogP contribution in [0.3, 0.4) is 0 Å². The highest BCUT2D eigenvalue weighted by Gasteiger charge is 2.51. The molecule has 4 nitrogen and oxygen atoms in total. The van der Waals surface area contributed by atoms with E-state index in [1.54, 1.807) is 0 Å². The number of aliphatic hydroxyl groups is 2. The summed E-state index contributed by atoms with van der Waals surface area (Å²) in [6, 6.07) is 0. The molecule has 0 bridgehead atoms. The van der Waals surface area contributed by atoms with Crippen molar-refractivity contribution in [2.75, 3.05) is 19.6 Å². The van der Waals surface area contributed by atoms with Gasteiger partial charge in [-0.2, -0.15) is 0 Å². The number of hydrogen-bond acceptors (Lipinski definition) is 4. The van der Waals surface area contributed by atoms with E-state index in [0.717, 1.165) is 43.4 Å². The van der Waals surface area contributed by atoms with Crippen molar-refractivity contribution >= 4 is 0 Å². The molecule has 3 saturated carbocycles. The number of alkyl halides is 3. The summed E-state index contributed by atoms with van der Waals surface area (Å²) in [7, 11) is 0. The summed E-state index contributed by atoms with van der Waals surface area (Å²) in [4.78, 5) is 2.15. The van der Waals surface area contributed by atoms with Crippen LogP contribution in [0.25, 0.3) is 0 Å². The molecule has 0 aromatic heterocycles. The van der Waals surface area contributed by atoms with Gasteiger partial charge in [-0.05, 0) is 79.3 Å². The SMILES string of the molecule is C=C1/C(=C\C=C2/CCC[C@@]3(C)C2CC[C@@H]3[C@H](C)CN2CC[C@H](OC(F)(F)F)C2)C[C@@H](O)C[C@@H]1O. The van der Waals surface area contributed by atoms with Gasteiger partial charge in [0.15, 0.2) is 0 Å². The first-order valence-electron chi connectivity index (χ1n) is 12.9. The Morgan fingerprint density at radius 3 is 2.74 bits per heavy atom. The number of nitrogens with zero attached hydrogens (tertiary/aromatic N) is 1. The summed E-state index contributed by atoms with van der Waals surface area (Å²) < 4.78 is 42.0. The number of hydrogen-bond donors (Lipinski definition) is 2. The molecule has 4 rings (SSSR count). The Labute approximate surface area is 201 Å². The van der Waals surface area contributed by atoms with Crippen LogP contribution in [0.1, 0.15) is 65.2 Å². The monoisotopic (exact) mass is 483 g/mol. The van der Waals surface area contributed by atoms with E-state index in [0.29, 0.717) is 50.1 Å². The van der Waals surface area contributed by atoms with E-state index in [9.17, 15) is 23.4 Å². The average Bonchev–Trinajstić information content (AvgIpc) is 3.31. The largest absolute Gasteiger partial charge is 0.522 e. The predicted molar refractivity (Wildman–Crippen MR) is 126 cm³/mol. The second-order valence-corrected chi connectivity index (χ2v) is 11.4. The van der Waals surface area contributed by atoms with Gasteiger partial charge in [0.1, 0.15) is 0 Å². The minimum Gasteiger partial charge on any atom is -0.393 e. The minimum absolute atomic E-state index is 0.201. The zero-order valence-electron chi connectivity index (χ0n) is 20.5. The van der Waals surface area contributed by atoms with Crippen LogP contribution >= 0.6 is 0 Å². The maximum absolute atomic E-state index is 12.6. The van der Waals surface area contributed by atoms with Crippen molar-refractivity contribution in [3.63, 3.8) is 0 Å². The van der Waals surface area contributed by atoms with Gasteiger partial charge in [0, 0.05) is 26.1 Å². The number of fused-ring (bicyclic) bond motifs is 1. The number of rotatable bonds is 5. The third-order valence-electron chi connectivity index (χ3n) is 9.06. The molecule has 0 aromatic carbocycles. The maximum atomic E-state index is 12.6. The molecule has 0 aromatic rings. The van der Waals surface area contributed by atoms with Gasteiger partial charge in [-0.15, -0.1) is 13.2 Å². The van der Waals surface area contributed by atoms with Crippen LogP contribution in [0.2, 0.25) is 0 Å². The van der Waals surface area contributed by atoms with Crippen molar-refractivity contribution in [3.8, 4) is 0 Å². The zero-order valence-corrected chi connectivity index (χ0v) is 20.5. The van der Waals surface area contributed by atoms with Crippen molar-refractivity contribution in [2.24, 2.45) is 23.2 Å². The van der Waals surface area contributed by atoms with E-state index >= 15 is 0 Å². The molecule has 0 radical (unpaired) electrons. The number of ether oxygens (including phenoxy) is 1. The third kappa shape index (κ3) is 5.63. The lowest BCUT2D eigenvalue weighted by molar-refractivity contribution is -0.340. The molecule has 1 saturated heterocycles. The highest BCUT2D eigenvalue weighted by Crippen LogP contribution is 2.59. The Hall–Kier alpha value is -1.15. The van der Waals surface area contributed by atoms with Crippen LogP contribution < -0.4 is 0 Å². The second-order valence-electron chi connectivity index (χ2n) is 11.4. The minimum atomic E-state index is -4.56. The van der Waals surface area contributed by atoms with Gasteiger partial charge in [-0.25, -0.2) is 0 Å². The fourth-order valence-corrected chi connectivity index (χ4v) is 7.46. The topological polar surface area (TPSA) is 52.9 Å². The summed E-state index contributed by atoms with van der Waals surface area (Å²) in [5.41, 5.74) is 3.32. The summed E-state index contributed by atoms with van der Waals surface area (Å²) in [6.07, 6.45) is 4.81. The van der Waals surface area contributed by atoms with Gasteiger partial charge in [0.2, 0.25) is 0 Å². The molecule has 0 amide bonds. The third-order valence-corrected chi connectivity index (χ3v) is 9.06. The number of likely N-dealkylation sites (tertiary alicyclic amines) is 1. The van der Waals surface area contributed by atoms with Gasteiger partial charge < -0.3 is 15.1 Å². The van der Waals surface area contributed by atoms with Crippen molar-refractivity contribution < 1.29 is 28.1 Å². The standard InChI is InChI=1S/C27H40F3NO3/c1-17(15-31-12-10-22(16-31)34-27(28,29)30)23-8-9-24-19(5-4-11-26(23,24)3)6-7-20-13-21(32)14-25(33)18(20)2/h6-7,17,21-25,32-33H,2,4-5,8-16H2,1,3H3/b19-6+,20-7-/t17-,21-,22+,23-,24?,25+,26-/m1/s1. The summed E-state index contributed by atoms with van der Waals surface area (Å²) >= 11 is 0. The first-order valence-corrected chi connectivity index (χ1v) is 12.9. The summed E-state index contributed by atoms with van der Waals surface area (Å²) in [6.45, 7) is 10.6. The molecule has 0 spiro atoms. The molecule has 4 aliphatic rings. The van der Waals surface area contributed by atoms with E-state index in [4.69, 9.17) is 0 Å². The lowest BCUT2D eigenvalue weighted by Gasteiger charge is -2.45. The second kappa shape index (κ2) is 10.1. The van der Waals surface area contributed by atoms with E-state index < -0.39 is 24.7 Å². The first-order chi connectivity index (χ1) is 16.0. The number of aliphatic hydroxyl groups excluding tert-OH is 2. The van der Waals surface area contributed by atoms with Gasteiger partial charge in [0.25, 0.3) is 0 Å². The Morgan fingerprint density at radius 2 is 2.00 bits per heavy atom. The van der Waals surface area contributed by atoms with Gasteiger partial charge >= 0.3 is 6.36 Å². The van der Waals surface area contributed by atoms with Gasteiger partial charge in [0.05, 0.1) is 18.3 Å². The molecule has 7 heteroatoms. The quantitative estimate of drug-likeness (QED) is 0.552. The molecule has 1 unspecified atom stereocenters. The molecule has 1 heterocycles. The van der Waals surface area contributed by atoms with Crippen molar-refractivity contribution in [2.45, 2.75) is 89.9 Å². The van der Waals surface area contributed by atoms with Crippen LogP contribution in [0.4, 0.5) is 13.2 Å². The Morgan fingerprint density at radius 1 is 1.24 bits per heavy atom. The van der Waals surface area contributed by atoms with E-state index in [2.05, 4.69) is 42.2 Å². The molecule has 4 fully saturated rings. The Kier molecular flexibility index (Phi) is 7.68. The van der Waals surface area contributed by atoms with Crippen LogP contribution in [-0.4, -0.2) is 59.4 Å². The molecular weight excluding hydrogens is 443 g/mol. The van der Waals surface area contributed by atoms with Crippen molar-refractivity contribution in [1.29, 1.82) is 0 Å². The summed E-state index contributed by atoms with van der Waals surface area (Å²) in [5.74, 6) is 1.47. The van der Waals surface area contributed by atoms with Crippen LogP contribution in [0, 0.1) is 23.2 Å². The lowest BCUT2D eigenvalue weighted by atomic mass is 9.61. The molecule has 2 N–H and O–H groups in total. The maximum Gasteiger partial charge on any atom is 0.522 e. The average molecular weight is 484 g/mol.